The normalized spacial score (nSPS) is 13.8. The smallest absolute Gasteiger partial charge is 0.135 e. The molecule has 8 aromatic rings. The Morgan fingerprint density at radius 1 is 0.435 bits per heavy atom. The van der Waals surface area contributed by atoms with Gasteiger partial charge >= 0.3 is 0 Å². The molecule has 0 bridgehead atoms. The van der Waals surface area contributed by atoms with Gasteiger partial charge in [0.05, 0.1) is 0 Å². The molecule has 46 heavy (non-hydrogen) atoms. The van der Waals surface area contributed by atoms with Crippen LogP contribution in [0.1, 0.15) is 25.0 Å². The van der Waals surface area contributed by atoms with E-state index in [0.29, 0.717) is 0 Å². The fourth-order valence-corrected chi connectivity index (χ4v) is 8.38. The fraction of sp³-hybridized carbons (Fsp3) is 0.0667. The summed E-state index contributed by atoms with van der Waals surface area (Å²) in [4.78, 5) is 0. The Hall–Kier alpha value is -5.66. The van der Waals surface area contributed by atoms with Gasteiger partial charge in [0.15, 0.2) is 0 Å². The van der Waals surface area contributed by atoms with Crippen molar-refractivity contribution in [2.24, 2.45) is 0 Å². The number of hydrogen-bond donors (Lipinski definition) is 0. The van der Waals surface area contributed by atoms with E-state index in [1.807, 2.05) is 6.07 Å². The molecule has 1 aliphatic heterocycles. The van der Waals surface area contributed by atoms with Crippen LogP contribution in [0.4, 0.5) is 0 Å². The van der Waals surface area contributed by atoms with Crippen LogP contribution in [-0.4, -0.2) is 0 Å². The topological polar surface area (TPSA) is 9.23 Å². The number of ether oxygens (including phenoxy) is 1. The molecule has 0 saturated carbocycles. The molecular formula is C45H30O. The van der Waals surface area contributed by atoms with Crippen molar-refractivity contribution in [2.45, 2.75) is 19.3 Å². The quantitative estimate of drug-likeness (QED) is 0.196. The van der Waals surface area contributed by atoms with Gasteiger partial charge < -0.3 is 4.74 Å². The molecule has 0 amide bonds. The van der Waals surface area contributed by atoms with Crippen molar-refractivity contribution < 1.29 is 4.74 Å². The maximum atomic E-state index is 6.42. The first-order valence-corrected chi connectivity index (χ1v) is 16.1. The van der Waals surface area contributed by atoms with Gasteiger partial charge in [-0.05, 0) is 101 Å². The van der Waals surface area contributed by atoms with Gasteiger partial charge in [0.2, 0.25) is 0 Å². The van der Waals surface area contributed by atoms with Gasteiger partial charge in [-0.25, -0.2) is 0 Å². The lowest BCUT2D eigenvalue weighted by molar-refractivity contribution is 0.487. The van der Waals surface area contributed by atoms with E-state index in [1.165, 1.54) is 82.4 Å². The summed E-state index contributed by atoms with van der Waals surface area (Å²) in [6.45, 7) is 4.79. The lowest BCUT2D eigenvalue weighted by Gasteiger charge is -2.25. The fourth-order valence-electron chi connectivity index (χ4n) is 8.38. The Kier molecular flexibility index (Phi) is 5.12. The van der Waals surface area contributed by atoms with Crippen LogP contribution in [0.2, 0.25) is 0 Å². The zero-order valence-electron chi connectivity index (χ0n) is 25.8. The highest BCUT2D eigenvalue weighted by atomic mass is 16.5. The van der Waals surface area contributed by atoms with E-state index in [2.05, 4.69) is 153 Å². The van der Waals surface area contributed by atoms with Crippen molar-refractivity contribution in [3.63, 3.8) is 0 Å². The van der Waals surface area contributed by atoms with E-state index < -0.39 is 0 Å². The van der Waals surface area contributed by atoms with Crippen molar-refractivity contribution in [2.75, 3.05) is 0 Å². The number of hydrogen-bond acceptors (Lipinski definition) is 1. The summed E-state index contributed by atoms with van der Waals surface area (Å²) in [7, 11) is 0. The Bertz CT molecular complexity index is 2580. The van der Waals surface area contributed by atoms with Crippen LogP contribution in [0.25, 0.3) is 76.8 Å². The minimum Gasteiger partial charge on any atom is -0.456 e. The first-order chi connectivity index (χ1) is 22.6. The molecule has 10 rings (SSSR count). The molecule has 1 heterocycles. The Morgan fingerprint density at radius 3 is 2.09 bits per heavy atom. The molecule has 0 aromatic heterocycles. The second kappa shape index (κ2) is 9.19. The second-order valence-corrected chi connectivity index (χ2v) is 13.2. The molecule has 1 heteroatoms. The molecular weight excluding hydrogens is 556 g/mol. The van der Waals surface area contributed by atoms with Crippen LogP contribution >= 0.6 is 0 Å². The SMILES string of the molecule is CC1(C)c2ccccc2-c2c(-c3cccc4ccccc34)cc3ccc(-c4ccc5c6c(cccc46)-c4ccccc4O5)cc3c21. The third-order valence-corrected chi connectivity index (χ3v) is 10.4. The van der Waals surface area contributed by atoms with E-state index in [1.54, 1.807) is 0 Å². The summed E-state index contributed by atoms with van der Waals surface area (Å²) in [6, 6.07) is 53.4. The summed E-state index contributed by atoms with van der Waals surface area (Å²) in [5.74, 6) is 1.84. The third kappa shape index (κ3) is 3.40. The molecule has 0 unspecified atom stereocenters. The van der Waals surface area contributed by atoms with Crippen molar-refractivity contribution >= 4 is 32.3 Å². The van der Waals surface area contributed by atoms with Crippen LogP contribution in [0, 0.1) is 0 Å². The largest absolute Gasteiger partial charge is 0.456 e. The van der Waals surface area contributed by atoms with E-state index in [4.69, 9.17) is 4.74 Å². The van der Waals surface area contributed by atoms with Crippen molar-refractivity contribution in [1.82, 2.24) is 0 Å². The molecule has 0 N–H and O–H groups in total. The van der Waals surface area contributed by atoms with Crippen LogP contribution in [0.15, 0.2) is 146 Å². The average Bonchev–Trinajstić information content (AvgIpc) is 3.35. The second-order valence-electron chi connectivity index (χ2n) is 13.2. The van der Waals surface area contributed by atoms with Crippen molar-refractivity contribution in [3.05, 3.63) is 157 Å². The van der Waals surface area contributed by atoms with E-state index in [9.17, 15) is 0 Å². The van der Waals surface area contributed by atoms with Crippen molar-refractivity contribution in [3.8, 4) is 56.0 Å². The van der Waals surface area contributed by atoms with E-state index in [0.717, 1.165) is 17.1 Å². The highest BCUT2D eigenvalue weighted by Gasteiger charge is 2.38. The highest BCUT2D eigenvalue weighted by Crippen LogP contribution is 2.56. The standard InChI is InChI=1S/C45H30O/c1-45(2)39-19-7-5-15-36(39)43-38(32-16-9-12-27-11-3-4-13-30(27)32)26-29-22-21-28(25-37(29)44(43)45)31-23-24-41-42-34(31)17-10-18-35(42)33-14-6-8-20-40(33)46-41/h3-26H,1-2H3. The number of fused-ring (bicyclic) bond motifs is 8. The summed E-state index contributed by atoms with van der Waals surface area (Å²) >= 11 is 0. The third-order valence-electron chi connectivity index (χ3n) is 10.4. The van der Waals surface area contributed by atoms with Crippen molar-refractivity contribution in [1.29, 1.82) is 0 Å². The molecule has 0 saturated heterocycles. The Morgan fingerprint density at radius 2 is 1.15 bits per heavy atom. The summed E-state index contributed by atoms with van der Waals surface area (Å²) < 4.78 is 6.42. The Labute approximate surface area is 268 Å². The highest BCUT2D eigenvalue weighted by molar-refractivity contribution is 6.13. The van der Waals surface area contributed by atoms with E-state index >= 15 is 0 Å². The van der Waals surface area contributed by atoms with Crippen LogP contribution in [-0.2, 0) is 5.41 Å². The molecule has 216 valence electrons. The van der Waals surface area contributed by atoms with E-state index in [-0.39, 0.29) is 5.41 Å². The van der Waals surface area contributed by atoms with Crippen LogP contribution in [0.5, 0.6) is 11.5 Å². The van der Waals surface area contributed by atoms with Crippen LogP contribution in [0.3, 0.4) is 0 Å². The zero-order chi connectivity index (χ0) is 30.6. The average molecular weight is 587 g/mol. The zero-order valence-corrected chi connectivity index (χ0v) is 25.8. The molecule has 0 radical (unpaired) electrons. The van der Waals surface area contributed by atoms with Gasteiger partial charge in [-0.3, -0.25) is 0 Å². The molecule has 0 spiro atoms. The first-order valence-electron chi connectivity index (χ1n) is 16.1. The van der Waals surface area contributed by atoms with Gasteiger partial charge in [-0.1, -0.05) is 135 Å². The Balaban J connectivity index is 1.26. The van der Waals surface area contributed by atoms with Crippen LogP contribution < -0.4 is 4.74 Å². The molecule has 0 fully saturated rings. The maximum Gasteiger partial charge on any atom is 0.135 e. The monoisotopic (exact) mass is 586 g/mol. The first kappa shape index (κ1) is 25.6. The van der Waals surface area contributed by atoms with Gasteiger partial charge in [-0.2, -0.15) is 0 Å². The van der Waals surface area contributed by atoms with Gasteiger partial charge in [0.25, 0.3) is 0 Å². The van der Waals surface area contributed by atoms with Gasteiger partial charge in [0.1, 0.15) is 11.5 Å². The van der Waals surface area contributed by atoms with Gasteiger partial charge in [-0.15, -0.1) is 0 Å². The maximum absolute atomic E-state index is 6.42. The molecule has 1 aliphatic carbocycles. The molecule has 1 nitrogen and oxygen atoms in total. The predicted molar refractivity (Wildman–Crippen MR) is 193 cm³/mol. The lowest BCUT2D eigenvalue weighted by Crippen LogP contribution is -2.15. The molecule has 2 aliphatic rings. The number of benzene rings is 8. The summed E-state index contributed by atoms with van der Waals surface area (Å²) in [5.41, 5.74) is 12.8. The van der Waals surface area contributed by atoms with Gasteiger partial charge in [0, 0.05) is 16.4 Å². The molecule has 8 aromatic carbocycles. The predicted octanol–water partition coefficient (Wildman–Crippen LogP) is 12.6. The lowest BCUT2D eigenvalue weighted by atomic mass is 9.78. The minimum atomic E-state index is -0.152. The number of para-hydroxylation sites is 1. The molecule has 0 atom stereocenters. The summed E-state index contributed by atoms with van der Waals surface area (Å²) in [5, 5.41) is 7.55. The summed E-state index contributed by atoms with van der Waals surface area (Å²) in [6.07, 6.45) is 0. The minimum absolute atomic E-state index is 0.152. The number of rotatable bonds is 2.